The molecule has 2 aromatic carbocycles. The van der Waals surface area contributed by atoms with E-state index < -0.39 is 24.7 Å². The van der Waals surface area contributed by atoms with Gasteiger partial charge in [0.2, 0.25) is 5.91 Å². The van der Waals surface area contributed by atoms with Gasteiger partial charge in [-0.1, -0.05) is 41.6 Å². The fourth-order valence-corrected chi connectivity index (χ4v) is 3.60. The second-order valence-electron chi connectivity index (χ2n) is 7.47. The summed E-state index contributed by atoms with van der Waals surface area (Å²) >= 11 is 0. The molecule has 1 heterocycles. The molecule has 0 aromatic heterocycles. The van der Waals surface area contributed by atoms with Crippen LogP contribution in [-0.2, 0) is 9.63 Å². The SMILES string of the molecule is CO/N=C1/C[C@@H](C(=O)NCC(O)CO)N(C(=O)c2ccc(-c3ccccc3C)cc2)C1. The number of nitrogens with zero attached hydrogens (tertiary/aromatic N) is 2. The van der Waals surface area contributed by atoms with Crippen LogP contribution in [0.15, 0.2) is 53.7 Å². The first-order valence-electron chi connectivity index (χ1n) is 10.1. The number of aryl methyl sites for hydroxylation is 1. The van der Waals surface area contributed by atoms with Crippen molar-refractivity contribution in [2.24, 2.45) is 5.16 Å². The number of carbonyl (C=O) groups excluding carboxylic acids is 2. The number of nitrogens with one attached hydrogen (secondary N) is 1. The lowest BCUT2D eigenvalue weighted by atomic mass is 9.99. The Bertz CT molecular complexity index is 958. The van der Waals surface area contributed by atoms with Gasteiger partial charge < -0.3 is 25.3 Å². The molecule has 2 atom stereocenters. The molecule has 3 N–H and O–H groups in total. The highest BCUT2D eigenvalue weighted by Crippen LogP contribution is 2.25. The van der Waals surface area contributed by atoms with Gasteiger partial charge in [0, 0.05) is 18.5 Å². The maximum atomic E-state index is 13.2. The zero-order chi connectivity index (χ0) is 22.4. The van der Waals surface area contributed by atoms with E-state index >= 15 is 0 Å². The molecule has 0 aliphatic carbocycles. The second kappa shape index (κ2) is 10.2. The van der Waals surface area contributed by atoms with Gasteiger partial charge in [-0.3, -0.25) is 9.59 Å². The third kappa shape index (κ3) is 5.28. The van der Waals surface area contributed by atoms with E-state index in [0.29, 0.717) is 11.3 Å². The molecule has 1 aliphatic rings. The molecule has 8 nitrogen and oxygen atoms in total. The molecule has 0 spiro atoms. The summed E-state index contributed by atoms with van der Waals surface area (Å²) in [6.45, 7) is 1.64. The van der Waals surface area contributed by atoms with E-state index in [1.165, 1.54) is 12.0 Å². The summed E-state index contributed by atoms with van der Waals surface area (Å²) in [5.74, 6) is -0.709. The number of likely N-dealkylation sites (tertiary alicyclic amines) is 1. The largest absolute Gasteiger partial charge is 0.399 e. The minimum absolute atomic E-state index is 0.101. The van der Waals surface area contributed by atoms with Crippen molar-refractivity contribution in [2.75, 3.05) is 26.8 Å². The zero-order valence-corrected chi connectivity index (χ0v) is 17.6. The van der Waals surface area contributed by atoms with Crippen LogP contribution in [-0.4, -0.2) is 71.6 Å². The van der Waals surface area contributed by atoms with Gasteiger partial charge in [0.25, 0.3) is 5.91 Å². The molecule has 0 bridgehead atoms. The predicted octanol–water partition coefficient (Wildman–Crippen LogP) is 1.35. The zero-order valence-electron chi connectivity index (χ0n) is 17.6. The van der Waals surface area contributed by atoms with Gasteiger partial charge in [-0.15, -0.1) is 0 Å². The fraction of sp³-hybridized carbons (Fsp3) is 0.348. The first kappa shape index (κ1) is 22.5. The summed E-state index contributed by atoms with van der Waals surface area (Å²) in [5, 5.41) is 24.9. The summed E-state index contributed by atoms with van der Waals surface area (Å²) in [6.07, 6.45) is -0.822. The van der Waals surface area contributed by atoms with Crippen molar-refractivity contribution in [3.8, 4) is 11.1 Å². The number of hydrogen-bond donors (Lipinski definition) is 3. The van der Waals surface area contributed by atoms with Gasteiger partial charge in [0.05, 0.1) is 25.0 Å². The van der Waals surface area contributed by atoms with Gasteiger partial charge in [-0.25, -0.2) is 0 Å². The van der Waals surface area contributed by atoms with Crippen molar-refractivity contribution in [1.29, 1.82) is 0 Å². The standard InChI is InChI=1S/C23H27N3O5/c1-15-5-3-4-6-20(15)16-7-9-17(10-8-16)23(30)26-13-18(25-31-2)11-21(26)22(29)24-12-19(28)14-27/h3-10,19,21,27-28H,11-14H2,1-2H3,(H,24,29)/b25-18-/t19?,21-/m0/s1. The van der Waals surface area contributed by atoms with Gasteiger partial charge in [0.1, 0.15) is 13.2 Å². The molecule has 3 rings (SSSR count). The molecule has 2 aromatic rings. The average Bonchev–Trinajstić information content (AvgIpc) is 3.21. The normalized spacial score (nSPS) is 18.1. The van der Waals surface area contributed by atoms with Crippen LogP contribution in [0.5, 0.6) is 0 Å². The summed E-state index contributed by atoms with van der Waals surface area (Å²) in [5.41, 5.74) is 4.28. The minimum Gasteiger partial charge on any atom is -0.399 e. The molecular formula is C23H27N3O5. The van der Waals surface area contributed by atoms with Crippen LogP contribution in [0.3, 0.4) is 0 Å². The maximum Gasteiger partial charge on any atom is 0.254 e. The van der Waals surface area contributed by atoms with Crippen LogP contribution in [0.2, 0.25) is 0 Å². The predicted molar refractivity (Wildman–Crippen MR) is 117 cm³/mol. The summed E-state index contributed by atoms with van der Waals surface area (Å²) < 4.78 is 0. The lowest BCUT2D eigenvalue weighted by Crippen LogP contribution is -2.47. The van der Waals surface area contributed by atoms with Crippen molar-refractivity contribution < 1.29 is 24.6 Å². The molecule has 31 heavy (non-hydrogen) atoms. The topological polar surface area (TPSA) is 111 Å². The van der Waals surface area contributed by atoms with E-state index in [2.05, 4.69) is 10.5 Å². The Labute approximate surface area is 181 Å². The van der Waals surface area contributed by atoms with Gasteiger partial charge >= 0.3 is 0 Å². The van der Waals surface area contributed by atoms with Crippen LogP contribution in [0.1, 0.15) is 22.3 Å². The lowest BCUT2D eigenvalue weighted by molar-refractivity contribution is -0.125. The Hall–Kier alpha value is -3.23. The average molecular weight is 425 g/mol. The molecule has 164 valence electrons. The fourth-order valence-electron chi connectivity index (χ4n) is 3.60. The van der Waals surface area contributed by atoms with E-state index in [4.69, 9.17) is 9.94 Å². The van der Waals surface area contributed by atoms with E-state index in [9.17, 15) is 14.7 Å². The highest BCUT2D eigenvalue weighted by Gasteiger charge is 2.38. The number of hydrogen-bond acceptors (Lipinski definition) is 6. The Morgan fingerprint density at radius 3 is 2.58 bits per heavy atom. The molecule has 1 fully saturated rings. The first-order valence-corrected chi connectivity index (χ1v) is 10.1. The quantitative estimate of drug-likeness (QED) is 0.580. The molecule has 2 amide bonds. The molecule has 1 saturated heterocycles. The van der Waals surface area contributed by atoms with E-state index in [1.807, 2.05) is 43.3 Å². The summed E-state index contributed by atoms with van der Waals surface area (Å²) in [7, 11) is 1.41. The monoisotopic (exact) mass is 425 g/mol. The smallest absolute Gasteiger partial charge is 0.254 e. The van der Waals surface area contributed by atoms with Crippen LogP contribution in [0.4, 0.5) is 0 Å². The Balaban J connectivity index is 1.79. The maximum absolute atomic E-state index is 13.2. The van der Waals surface area contributed by atoms with E-state index in [0.717, 1.165) is 16.7 Å². The van der Waals surface area contributed by atoms with Crippen molar-refractivity contribution >= 4 is 17.5 Å². The Morgan fingerprint density at radius 2 is 1.94 bits per heavy atom. The number of oxime groups is 1. The molecule has 1 unspecified atom stereocenters. The molecule has 0 saturated carbocycles. The molecule has 1 aliphatic heterocycles. The van der Waals surface area contributed by atoms with E-state index in [-0.39, 0.29) is 25.4 Å². The number of rotatable bonds is 7. The van der Waals surface area contributed by atoms with Crippen LogP contribution >= 0.6 is 0 Å². The third-order valence-corrected chi connectivity index (χ3v) is 5.25. The van der Waals surface area contributed by atoms with Gasteiger partial charge in [-0.2, -0.15) is 0 Å². The number of amides is 2. The number of aliphatic hydroxyl groups excluding tert-OH is 2. The third-order valence-electron chi connectivity index (χ3n) is 5.25. The van der Waals surface area contributed by atoms with Crippen molar-refractivity contribution in [3.05, 3.63) is 59.7 Å². The highest BCUT2D eigenvalue weighted by atomic mass is 16.6. The van der Waals surface area contributed by atoms with Gasteiger partial charge in [-0.05, 0) is 35.7 Å². The van der Waals surface area contributed by atoms with Crippen LogP contribution < -0.4 is 5.32 Å². The number of benzene rings is 2. The van der Waals surface area contributed by atoms with Crippen LogP contribution in [0.25, 0.3) is 11.1 Å². The number of carbonyl (C=O) groups is 2. The van der Waals surface area contributed by atoms with Gasteiger partial charge in [0.15, 0.2) is 0 Å². The first-order chi connectivity index (χ1) is 14.9. The Morgan fingerprint density at radius 1 is 1.23 bits per heavy atom. The minimum atomic E-state index is -1.06. The van der Waals surface area contributed by atoms with Crippen molar-refractivity contribution in [2.45, 2.75) is 25.5 Å². The highest BCUT2D eigenvalue weighted by molar-refractivity contribution is 6.05. The Kier molecular flexibility index (Phi) is 7.38. The van der Waals surface area contributed by atoms with Crippen molar-refractivity contribution in [3.63, 3.8) is 0 Å². The molecule has 0 radical (unpaired) electrons. The molecular weight excluding hydrogens is 398 g/mol. The molecule has 8 heteroatoms. The second-order valence-corrected chi connectivity index (χ2v) is 7.47. The lowest BCUT2D eigenvalue weighted by Gasteiger charge is -2.24. The number of aliphatic hydroxyl groups is 2. The van der Waals surface area contributed by atoms with Crippen LogP contribution in [0, 0.1) is 6.92 Å². The summed E-state index contributed by atoms with van der Waals surface area (Å²) in [4.78, 5) is 32.1. The van der Waals surface area contributed by atoms with Crippen molar-refractivity contribution in [1.82, 2.24) is 10.2 Å². The van der Waals surface area contributed by atoms with E-state index in [1.54, 1.807) is 12.1 Å². The summed E-state index contributed by atoms with van der Waals surface area (Å²) in [6, 6.07) is 14.5.